The van der Waals surface area contributed by atoms with E-state index in [4.69, 9.17) is 4.52 Å². The molecule has 0 spiro atoms. The van der Waals surface area contributed by atoms with Crippen LogP contribution in [-0.2, 0) is 23.4 Å². The number of hydrogen-bond acceptors (Lipinski definition) is 5. The minimum atomic E-state index is -3.53. The van der Waals surface area contributed by atoms with Crippen molar-refractivity contribution >= 4 is 17.5 Å². The zero-order valence-corrected chi connectivity index (χ0v) is 9.02. The highest BCUT2D eigenvalue weighted by Crippen LogP contribution is 2.42. The molecular weight excluding hydrogens is 203 g/mol. The summed E-state index contributed by atoms with van der Waals surface area (Å²) in [6.07, 6.45) is 0.513. The molecule has 5 nitrogen and oxygen atoms in total. The van der Waals surface area contributed by atoms with Crippen LogP contribution < -0.4 is 0 Å². The van der Waals surface area contributed by atoms with Gasteiger partial charge in [-0.25, -0.2) is 0 Å². The third-order valence-corrected chi connectivity index (χ3v) is 3.03. The minimum absolute atomic E-state index is 0.279. The van der Waals surface area contributed by atoms with Crippen molar-refractivity contribution in [2.75, 3.05) is 25.9 Å². The third-order valence-electron chi connectivity index (χ3n) is 0.903. The van der Waals surface area contributed by atoms with E-state index in [0.717, 1.165) is 6.26 Å². The molecule has 0 fully saturated rings. The summed E-state index contributed by atoms with van der Waals surface area (Å²) in [6.45, 7) is 3.29. The molecule has 0 aromatic heterocycles. The van der Waals surface area contributed by atoms with E-state index in [1.807, 2.05) is 0 Å². The van der Waals surface area contributed by atoms with Gasteiger partial charge in [-0.15, -0.1) is 0 Å². The fourth-order valence-electron chi connectivity index (χ4n) is 0.502. The minimum Gasteiger partial charge on any atom is -0.327 e. The zero-order chi connectivity index (χ0) is 9.83. The topological polar surface area (TPSA) is 69.7 Å². The van der Waals surface area contributed by atoms with Crippen molar-refractivity contribution in [3.8, 4) is 0 Å². The van der Waals surface area contributed by atoms with E-state index in [-0.39, 0.29) is 13.0 Å². The van der Waals surface area contributed by atoms with Crippen LogP contribution in [0.5, 0.6) is 0 Å². The maximum absolute atomic E-state index is 11.2. The average molecular weight is 216 g/mol. The van der Waals surface area contributed by atoms with E-state index >= 15 is 0 Å². The maximum atomic E-state index is 11.2. The molecule has 0 saturated carbocycles. The Morgan fingerprint density at radius 3 is 2.25 bits per heavy atom. The molecule has 1 atom stereocenters. The summed E-state index contributed by atoms with van der Waals surface area (Å²) in [4.78, 5) is 0. The van der Waals surface area contributed by atoms with Crippen LogP contribution in [0, 0.1) is 0 Å². The molecule has 0 aliphatic carbocycles. The Balaban J connectivity index is 4.01. The van der Waals surface area contributed by atoms with Crippen molar-refractivity contribution < 1.29 is 21.7 Å². The van der Waals surface area contributed by atoms with Gasteiger partial charge in [0.1, 0.15) is 6.35 Å². The van der Waals surface area contributed by atoms with E-state index in [0.29, 0.717) is 0 Å². The first-order valence-electron chi connectivity index (χ1n) is 3.32. The van der Waals surface area contributed by atoms with Gasteiger partial charge in [-0.1, -0.05) is 0 Å². The summed E-state index contributed by atoms with van der Waals surface area (Å²) in [5.74, 6) is 0. The zero-order valence-electron chi connectivity index (χ0n) is 7.31. The molecule has 0 radical (unpaired) electrons. The summed E-state index contributed by atoms with van der Waals surface area (Å²) >= 11 is 0. The van der Waals surface area contributed by atoms with E-state index in [9.17, 15) is 13.0 Å². The summed E-state index contributed by atoms with van der Waals surface area (Å²) in [5.41, 5.74) is 0. The van der Waals surface area contributed by atoms with Crippen LogP contribution in [0.2, 0.25) is 0 Å². The van der Waals surface area contributed by atoms with Crippen molar-refractivity contribution in [1.82, 2.24) is 0 Å². The average Bonchev–Trinajstić information content (AvgIpc) is 1.83. The van der Waals surface area contributed by atoms with Gasteiger partial charge < -0.3 is 4.52 Å². The SMILES string of the molecule is CCOP(C)(=O)COS(C)(=O)=O. The maximum Gasteiger partial charge on any atom is 0.264 e. The van der Waals surface area contributed by atoms with Gasteiger partial charge >= 0.3 is 0 Å². The third kappa shape index (κ3) is 6.79. The smallest absolute Gasteiger partial charge is 0.264 e. The summed E-state index contributed by atoms with van der Waals surface area (Å²) in [7, 11) is -6.42. The normalized spacial score (nSPS) is 17.2. The second kappa shape index (κ2) is 4.37. The quantitative estimate of drug-likeness (QED) is 0.503. The second-order valence-electron chi connectivity index (χ2n) is 2.38. The molecule has 0 aromatic carbocycles. The number of rotatable bonds is 5. The largest absolute Gasteiger partial charge is 0.327 e. The Labute approximate surface area is 72.6 Å². The van der Waals surface area contributed by atoms with Gasteiger partial charge in [0.25, 0.3) is 10.1 Å². The molecule has 0 aliphatic rings. The monoisotopic (exact) mass is 216 g/mol. The van der Waals surface area contributed by atoms with Crippen LogP contribution in [0.4, 0.5) is 0 Å². The van der Waals surface area contributed by atoms with Gasteiger partial charge in [0.05, 0.1) is 12.9 Å². The molecule has 0 saturated heterocycles. The lowest BCUT2D eigenvalue weighted by Crippen LogP contribution is -2.05. The molecule has 1 unspecified atom stereocenters. The first-order valence-corrected chi connectivity index (χ1v) is 7.39. The van der Waals surface area contributed by atoms with E-state index < -0.39 is 17.5 Å². The Morgan fingerprint density at radius 2 is 1.92 bits per heavy atom. The molecule has 0 amide bonds. The van der Waals surface area contributed by atoms with Gasteiger partial charge in [0, 0.05) is 6.66 Å². The Bertz CT molecular complexity index is 270. The van der Waals surface area contributed by atoms with E-state index in [1.54, 1.807) is 6.92 Å². The van der Waals surface area contributed by atoms with Crippen molar-refractivity contribution in [1.29, 1.82) is 0 Å². The predicted molar refractivity (Wildman–Crippen MR) is 46.0 cm³/mol. The van der Waals surface area contributed by atoms with Crippen LogP contribution in [0.25, 0.3) is 0 Å². The van der Waals surface area contributed by atoms with Crippen LogP contribution in [0.1, 0.15) is 6.92 Å². The van der Waals surface area contributed by atoms with Crippen LogP contribution >= 0.6 is 7.37 Å². The fourth-order valence-corrected chi connectivity index (χ4v) is 2.65. The summed E-state index contributed by atoms with van der Waals surface area (Å²) in [5, 5.41) is 0. The van der Waals surface area contributed by atoms with Crippen LogP contribution in [0.15, 0.2) is 0 Å². The van der Waals surface area contributed by atoms with Gasteiger partial charge in [-0.3, -0.25) is 8.75 Å². The van der Waals surface area contributed by atoms with Gasteiger partial charge in [-0.2, -0.15) is 8.42 Å². The molecule has 7 heteroatoms. The summed E-state index contributed by atoms with van der Waals surface area (Å²) < 4.78 is 41.3. The molecule has 0 aromatic rings. The molecule has 0 rings (SSSR count). The van der Waals surface area contributed by atoms with Crippen LogP contribution in [-0.4, -0.2) is 34.3 Å². The molecule has 0 bridgehead atoms. The van der Waals surface area contributed by atoms with Gasteiger partial charge in [-0.05, 0) is 6.92 Å². The van der Waals surface area contributed by atoms with Crippen molar-refractivity contribution in [2.24, 2.45) is 0 Å². The van der Waals surface area contributed by atoms with E-state index in [1.165, 1.54) is 6.66 Å². The predicted octanol–water partition coefficient (Wildman–Crippen LogP) is 0.865. The highest BCUT2D eigenvalue weighted by molar-refractivity contribution is 7.86. The summed E-state index contributed by atoms with van der Waals surface area (Å²) in [6, 6.07) is 0. The second-order valence-corrected chi connectivity index (χ2v) is 6.57. The standard InChI is InChI=1S/C5H13O5PS/c1-4-9-11(2,6)5-10-12(3,7)8/h4-5H2,1-3H3. The Kier molecular flexibility index (Phi) is 4.40. The van der Waals surface area contributed by atoms with Crippen molar-refractivity contribution in [2.45, 2.75) is 6.92 Å². The molecule has 12 heavy (non-hydrogen) atoms. The van der Waals surface area contributed by atoms with Gasteiger partial charge in [0.15, 0.2) is 0 Å². The highest BCUT2D eigenvalue weighted by atomic mass is 32.2. The lowest BCUT2D eigenvalue weighted by Gasteiger charge is -2.10. The lowest BCUT2D eigenvalue weighted by atomic mass is 10.9. The van der Waals surface area contributed by atoms with Crippen LogP contribution in [0.3, 0.4) is 0 Å². The Morgan fingerprint density at radius 1 is 1.42 bits per heavy atom. The fraction of sp³-hybridized carbons (Fsp3) is 1.00. The van der Waals surface area contributed by atoms with E-state index in [2.05, 4.69) is 4.18 Å². The van der Waals surface area contributed by atoms with Crippen molar-refractivity contribution in [3.05, 3.63) is 0 Å². The number of hydrogen-bond donors (Lipinski definition) is 0. The van der Waals surface area contributed by atoms with Gasteiger partial charge in [0.2, 0.25) is 7.37 Å². The molecule has 0 N–H and O–H groups in total. The van der Waals surface area contributed by atoms with Crippen molar-refractivity contribution in [3.63, 3.8) is 0 Å². The lowest BCUT2D eigenvalue weighted by molar-refractivity contribution is 0.299. The molecular formula is C5H13O5PS. The molecule has 0 heterocycles. The highest BCUT2D eigenvalue weighted by Gasteiger charge is 2.18. The Hall–Kier alpha value is 0.100. The molecule has 74 valence electrons. The first-order chi connectivity index (χ1) is 5.27. The first kappa shape index (κ1) is 12.1. The molecule has 0 aliphatic heterocycles.